The van der Waals surface area contributed by atoms with Gasteiger partial charge in [0.1, 0.15) is 36.3 Å². The van der Waals surface area contributed by atoms with Crippen molar-refractivity contribution in [3.05, 3.63) is 173 Å². The van der Waals surface area contributed by atoms with Crippen LogP contribution in [0.2, 0.25) is 0 Å². The monoisotopic (exact) mass is 840 g/mol. The van der Waals surface area contributed by atoms with E-state index in [-0.39, 0.29) is 33.0 Å². The molecule has 10 nitrogen and oxygen atoms in total. The minimum Gasteiger partial charge on any atom is -0.497 e. The number of carbonyl (C=O) groups is 2. The van der Waals surface area contributed by atoms with Gasteiger partial charge in [0.05, 0.1) is 45.6 Å². The zero-order valence-electron chi connectivity index (χ0n) is 35.9. The predicted octanol–water partition coefficient (Wildman–Crippen LogP) is 8.97. The number of methoxy groups -OCH3 is 1. The third-order valence-corrected chi connectivity index (χ3v) is 13.3. The SMILES string of the molecule is COc1ccc(CO[C@@H]2[C@@H](OCc3ccccc3)[C@H](OCc3ccccc3)[C@@H](OCc3ccccc3)[C@H](OC(=O)[C@@]34CC[C@@](C)(C(=O)O3)C4(C)C)[C@@H]2OCc2ccccc2)cc1. The van der Waals surface area contributed by atoms with Crippen molar-refractivity contribution < 1.29 is 47.5 Å². The molecule has 1 heterocycles. The third kappa shape index (κ3) is 8.80. The summed E-state index contributed by atoms with van der Waals surface area (Å²) in [5.74, 6) is -0.331. The highest BCUT2D eigenvalue weighted by Crippen LogP contribution is 2.66. The van der Waals surface area contributed by atoms with Gasteiger partial charge in [-0.25, -0.2) is 4.79 Å². The molecule has 2 aliphatic carbocycles. The van der Waals surface area contributed by atoms with E-state index in [1.807, 2.05) is 166 Å². The molecule has 3 aliphatic rings. The van der Waals surface area contributed by atoms with Crippen molar-refractivity contribution in [2.75, 3.05) is 7.11 Å². The van der Waals surface area contributed by atoms with Gasteiger partial charge in [0, 0.05) is 5.41 Å². The van der Waals surface area contributed by atoms with Crippen molar-refractivity contribution in [3.8, 4) is 5.75 Å². The molecule has 0 spiro atoms. The van der Waals surface area contributed by atoms with E-state index in [4.69, 9.17) is 37.9 Å². The summed E-state index contributed by atoms with van der Waals surface area (Å²) in [6.45, 7) is 6.64. The Balaban J connectivity index is 1.24. The molecule has 8 rings (SSSR count). The number of rotatable bonds is 18. The van der Waals surface area contributed by atoms with Crippen LogP contribution < -0.4 is 4.74 Å². The lowest BCUT2D eigenvalue weighted by Crippen LogP contribution is -2.68. The summed E-state index contributed by atoms with van der Waals surface area (Å²) < 4.78 is 53.3. The molecule has 0 N–H and O–H groups in total. The minimum absolute atomic E-state index is 0.165. The van der Waals surface area contributed by atoms with E-state index >= 15 is 4.79 Å². The van der Waals surface area contributed by atoms with Gasteiger partial charge < -0.3 is 37.9 Å². The van der Waals surface area contributed by atoms with E-state index < -0.39 is 65.0 Å². The maximum Gasteiger partial charge on any atom is 0.351 e. The second-order valence-corrected chi connectivity index (χ2v) is 17.2. The summed E-state index contributed by atoms with van der Waals surface area (Å²) in [6.07, 6.45) is -4.74. The Morgan fingerprint density at radius 1 is 0.500 bits per heavy atom. The van der Waals surface area contributed by atoms with Crippen LogP contribution in [0.1, 0.15) is 61.4 Å². The molecule has 8 atom stereocenters. The van der Waals surface area contributed by atoms with Crippen molar-refractivity contribution in [3.63, 3.8) is 0 Å². The van der Waals surface area contributed by atoms with Crippen LogP contribution in [0.4, 0.5) is 0 Å². The average molecular weight is 841 g/mol. The average Bonchev–Trinajstić information content (AvgIpc) is 3.60. The summed E-state index contributed by atoms with van der Waals surface area (Å²) in [5, 5.41) is 0. The fourth-order valence-corrected chi connectivity index (χ4v) is 9.11. The summed E-state index contributed by atoms with van der Waals surface area (Å²) in [6, 6.07) is 47.1. The third-order valence-electron chi connectivity index (χ3n) is 13.3. The van der Waals surface area contributed by atoms with Crippen LogP contribution in [0.3, 0.4) is 0 Å². The van der Waals surface area contributed by atoms with Crippen LogP contribution in [-0.4, -0.2) is 61.3 Å². The van der Waals surface area contributed by atoms with E-state index in [9.17, 15) is 4.79 Å². The quantitative estimate of drug-likeness (QED) is 0.0794. The first-order chi connectivity index (χ1) is 30.1. The largest absolute Gasteiger partial charge is 0.497 e. The number of hydrogen-bond acceptors (Lipinski definition) is 10. The highest BCUT2D eigenvalue weighted by Gasteiger charge is 2.77. The molecule has 1 aliphatic heterocycles. The van der Waals surface area contributed by atoms with E-state index in [1.165, 1.54) is 0 Å². The zero-order valence-corrected chi connectivity index (χ0v) is 35.9. The molecule has 0 aromatic heterocycles. The van der Waals surface area contributed by atoms with Crippen molar-refractivity contribution in [1.82, 2.24) is 0 Å². The van der Waals surface area contributed by atoms with Gasteiger partial charge >= 0.3 is 11.9 Å². The lowest BCUT2D eigenvalue weighted by molar-refractivity contribution is -0.289. The molecule has 0 radical (unpaired) electrons. The lowest BCUT2D eigenvalue weighted by atomic mass is 9.66. The van der Waals surface area contributed by atoms with Crippen LogP contribution in [0, 0.1) is 10.8 Å². The van der Waals surface area contributed by atoms with Gasteiger partial charge in [0.25, 0.3) is 0 Å². The summed E-state index contributed by atoms with van der Waals surface area (Å²) in [7, 11) is 1.63. The van der Waals surface area contributed by atoms with E-state index in [0.717, 1.165) is 33.6 Å². The zero-order chi connectivity index (χ0) is 43.2. The van der Waals surface area contributed by atoms with Gasteiger partial charge in [-0.3, -0.25) is 4.79 Å². The fourth-order valence-electron chi connectivity index (χ4n) is 9.11. The predicted molar refractivity (Wildman–Crippen MR) is 231 cm³/mol. The van der Waals surface area contributed by atoms with Crippen LogP contribution in [0.25, 0.3) is 0 Å². The minimum atomic E-state index is -1.52. The molecule has 5 aromatic carbocycles. The summed E-state index contributed by atoms with van der Waals surface area (Å²) in [4.78, 5) is 28.6. The van der Waals surface area contributed by atoms with Crippen LogP contribution in [0.15, 0.2) is 146 Å². The Morgan fingerprint density at radius 3 is 1.15 bits per heavy atom. The van der Waals surface area contributed by atoms with E-state index in [0.29, 0.717) is 12.8 Å². The first kappa shape index (κ1) is 43.3. The number of hydrogen-bond donors (Lipinski definition) is 0. The van der Waals surface area contributed by atoms with Gasteiger partial charge in [-0.1, -0.05) is 147 Å². The number of esters is 2. The number of fused-ring (bicyclic) bond motifs is 2. The summed E-state index contributed by atoms with van der Waals surface area (Å²) in [5.41, 5.74) is 1.36. The smallest absolute Gasteiger partial charge is 0.351 e. The Morgan fingerprint density at radius 2 is 0.839 bits per heavy atom. The summed E-state index contributed by atoms with van der Waals surface area (Å²) >= 11 is 0. The van der Waals surface area contributed by atoms with Crippen molar-refractivity contribution in [1.29, 1.82) is 0 Å². The normalized spacial score (nSPS) is 27.4. The Hall–Kier alpha value is -5.36. The number of carbonyl (C=O) groups excluding carboxylic acids is 2. The molecule has 1 saturated heterocycles. The van der Waals surface area contributed by atoms with Gasteiger partial charge in [-0.15, -0.1) is 0 Å². The van der Waals surface area contributed by atoms with E-state index in [1.54, 1.807) is 7.11 Å². The fraction of sp³-hybridized carbons (Fsp3) is 0.385. The van der Waals surface area contributed by atoms with Gasteiger partial charge in [0.15, 0.2) is 6.10 Å². The second kappa shape index (κ2) is 18.9. The molecule has 324 valence electrons. The molecule has 5 aromatic rings. The topological polar surface area (TPSA) is 108 Å². The van der Waals surface area contributed by atoms with Crippen molar-refractivity contribution >= 4 is 11.9 Å². The highest BCUT2D eigenvalue weighted by molar-refractivity contribution is 5.93. The molecular formula is C52H56O10. The van der Waals surface area contributed by atoms with Crippen molar-refractivity contribution in [2.24, 2.45) is 10.8 Å². The molecule has 2 bridgehead atoms. The Labute approximate surface area is 364 Å². The van der Waals surface area contributed by atoms with Gasteiger partial charge in [-0.05, 0) is 59.7 Å². The van der Waals surface area contributed by atoms with Crippen molar-refractivity contribution in [2.45, 2.75) is 109 Å². The maximum absolute atomic E-state index is 15.1. The number of benzene rings is 5. The maximum atomic E-state index is 15.1. The van der Waals surface area contributed by atoms with E-state index in [2.05, 4.69) is 0 Å². The molecule has 0 amide bonds. The lowest BCUT2D eigenvalue weighted by Gasteiger charge is -2.50. The Bertz CT molecular complexity index is 2220. The molecule has 10 heteroatoms. The second-order valence-electron chi connectivity index (χ2n) is 17.2. The number of ether oxygens (including phenoxy) is 8. The van der Waals surface area contributed by atoms with Crippen LogP contribution in [-0.2, 0) is 75.8 Å². The molecular weight excluding hydrogens is 785 g/mol. The first-order valence-electron chi connectivity index (χ1n) is 21.4. The molecule has 3 fully saturated rings. The molecule has 2 saturated carbocycles. The van der Waals surface area contributed by atoms with Gasteiger partial charge in [0.2, 0.25) is 5.60 Å². The molecule has 62 heavy (non-hydrogen) atoms. The van der Waals surface area contributed by atoms with Crippen LogP contribution in [0.5, 0.6) is 5.75 Å². The van der Waals surface area contributed by atoms with Crippen LogP contribution >= 0.6 is 0 Å². The first-order valence-corrected chi connectivity index (χ1v) is 21.4. The highest BCUT2D eigenvalue weighted by atomic mass is 16.7. The Kier molecular flexibility index (Phi) is 13.2. The van der Waals surface area contributed by atoms with Gasteiger partial charge in [-0.2, -0.15) is 0 Å². The molecule has 0 unspecified atom stereocenters. The standard InChI is InChI=1S/C52H56O10/c1-50(2)51(3)29-30-52(50,62-48(51)53)49(54)61-47-45(59-33-38-21-13-7-14-22-38)43(57-32-37-19-11-6-12-20-37)42(56-31-36-17-9-5-10-18-36)44(46(47)60-34-39-23-15-8-16-24-39)58-35-40-25-27-41(55-4)28-26-40/h5-28,42-47H,29-35H2,1-4H3/t42-,43-,44+,45+,46+,47-,51-,52+/m0/s1.